The van der Waals surface area contributed by atoms with E-state index in [2.05, 4.69) is 34.6 Å². The van der Waals surface area contributed by atoms with Gasteiger partial charge in [0.15, 0.2) is 5.44 Å². The first kappa shape index (κ1) is 16.9. The number of carbonyl (C=O) groups excluding carboxylic acids is 1. The largest absolute Gasteiger partial charge is 0.450 e. The van der Waals surface area contributed by atoms with Gasteiger partial charge in [0.1, 0.15) is 4.75 Å². The van der Waals surface area contributed by atoms with Crippen molar-refractivity contribution >= 4 is 17.7 Å². The third-order valence-corrected chi connectivity index (χ3v) is 5.64. The van der Waals surface area contributed by atoms with E-state index < -0.39 is 0 Å². The molecule has 0 spiro atoms. The van der Waals surface area contributed by atoms with Crippen LogP contribution in [0.3, 0.4) is 0 Å². The van der Waals surface area contributed by atoms with Crippen molar-refractivity contribution in [3.63, 3.8) is 0 Å². The smallest absolute Gasteiger partial charge is 0.323 e. The number of cyclic esters (lactones) is 1. The highest BCUT2D eigenvalue weighted by Gasteiger charge is 2.49. The van der Waals surface area contributed by atoms with E-state index in [0.29, 0.717) is 0 Å². The van der Waals surface area contributed by atoms with Crippen LogP contribution in [-0.4, -0.2) is 16.2 Å². The lowest BCUT2D eigenvalue weighted by atomic mass is 9.98. The van der Waals surface area contributed by atoms with Crippen LogP contribution in [0.15, 0.2) is 0 Å². The Morgan fingerprint density at radius 1 is 1.16 bits per heavy atom. The van der Waals surface area contributed by atoms with E-state index in [-0.39, 0.29) is 21.6 Å². The lowest BCUT2D eigenvalue weighted by Crippen LogP contribution is -2.27. The number of hydrogen-bond acceptors (Lipinski definition) is 3. The molecule has 112 valence electrons. The minimum atomic E-state index is -0.317. The predicted molar refractivity (Wildman–Crippen MR) is 83.3 cm³/mol. The van der Waals surface area contributed by atoms with Crippen molar-refractivity contribution in [1.29, 1.82) is 0 Å². The summed E-state index contributed by atoms with van der Waals surface area (Å²) < 4.78 is 5.24. The first-order chi connectivity index (χ1) is 8.79. The van der Waals surface area contributed by atoms with Crippen LogP contribution in [0.4, 0.5) is 0 Å². The molecular weight excluding hydrogens is 256 g/mol. The van der Waals surface area contributed by atoms with Gasteiger partial charge >= 0.3 is 5.97 Å². The van der Waals surface area contributed by atoms with E-state index in [0.717, 1.165) is 12.8 Å². The molecular formula is C16H30O2S. The molecule has 0 saturated carbocycles. The highest BCUT2D eigenvalue weighted by atomic mass is 32.2. The van der Waals surface area contributed by atoms with E-state index in [1.807, 2.05) is 0 Å². The van der Waals surface area contributed by atoms with Crippen LogP contribution in [0, 0.1) is 5.41 Å². The predicted octanol–water partition coefficient (Wildman–Crippen LogP) is 5.16. The summed E-state index contributed by atoms with van der Waals surface area (Å²) in [6, 6.07) is 0. The molecule has 2 nitrogen and oxygen atoms in total. The molecule has 0 amide bonds. The fourth-order valence-electron chi connectivity index (χ4n) is 2.29. The molecule has 0 aromatic carbocycles. The van der Waals surface area contributed by atoms with Crippen molar-refractivity contribution in [3.8, 4) is 0 Å². The van der Waals surface area contributed by atoms with E-state index in [1.54, 1.807) is 11.8 Å². The summed E-state index contributed by atoms with van der Waals surface area (Å²) in [6.07, 6.45) is 8.58. The second-order valence-corrected chi connectivity index (χ2v) is 8.53. The fourth-order valence-corrected chi connectivity index (χ4v) is 3.66. The maximum absolute atomic E-state index is 12.1. The average molecular weight is 286 g/mol. The molecule has 1 heterocycles. The van der Waals surface area contributed by atoms with Crippen LogP contribution < -0.4 is 0 Å². The van der Waals surface area contributed by atoms with Gasteiger partial charge in [-0.15, -0.1) is 0 Å². The monoisotopic (exact) mass is 286 g/mol. The maximum atomic E-state index is 12.1. The van der Waals surface area contributed by atoms with Crippen LogP contribution in [0.2, 0.25) is 0 Å². The highest BCUT2D eigenvalue weighted by molar-refractivity contribution is 8.02. The molecule has 2 atom stereocenters. The van der Waals surface area contributed by atoms with Gasteiger partial charge in [-0.25, -0.2) is 0 Å². The molecule has 0 bridgehead atoms. The van der Waals surface area contributed by atoms with Gasteiger partial charge in [0, 0.05) is 5.41 Å². The Kier molecular flexibility index (Phi) is 6.22. The quantitative estimate of drug-likeness (QED) is 0.478. The van der Waals surface area contributed by atoms with Gasteiger partial charge in [-0.3, -0.25) is 4.79 Å². The topological polar surface area (TPSA) is 26.3 Å². The summed E-state index contributed by atoms with van der Waals surface area (Å²) in [4.78, 5) is 12.1. The Balaban J connectivity index is 2.34. The zero-order chi connectivity index (χ0) is 14.5. The SMILES string of the molecule is CCCCCCCC[C@@]1(C)S[C@H](C(C)(C)C)OC1=O. The zero-order valence-electron chi connectivity index (χ0n) is 13.3. The van der Waals surface area contributed by atoms with Crippen molar-refractivity contribution in [3.05, 3.63) is 0 Å². The molecule has 0 aromatic rings. The molecule has 0 unspecified atom stereocenters. The second kappa shape index (κ2) is 7.01. The van der Waals surface area contributed by atoms with Gasteiger partial charge in [-0.1, -0.05) is 78.0 Å². The molecule has 1 saturated heterocycles. The Morgan fingerprint density at radius 2 is 1.74 bits per heavy atom. The Labute approximate surface area is 123 Å². The summed E-state index contributed by atoms with van der Waals surface area (Å²) in [6.45, 7) is 10.7. The van der Waals surface area contributed by atoms with Crippen molar-refractivity contribution in [2.75, 3.05) is 0 Å². The standard InChI is InChI=1S/C16H30O2S/c1-6-7-8-9-10-11-12-16(5)13(17)18-14(19-16)15(2,3)4/h14H,6-12H2,1-5H3/t14-,16-/m1/s1. The third-order valence-electron chi connectivity index (χ3n) is 3.73. The fraction of sp³-hybridized carbons (Fsp3) is 0.938. The van der Waals surface area contributed by atoms with Gasteiger partial charge in [-0.2, -0.15) is 0 Å². The maximum Gasteiger partial charge on any atom is 0.323 e. The first-order valence-corrected chi connectivity index (χ1v) is 8.56. The molecule has 1 fully saturated rings. The van der Waals surface area contributed by atoms with Crippen LogP contribution in [0.1, 0.15) is 79.6 Å². The molecule has 1 aliphatic heterocycles. The molecule has 1 aliphatic rings. The lowest BCUT2D eigenvalue weighted by molar-refractivity contribution is -0.148. The molecule has 3 heteroatoms. The van der Waals surface area contributed by atoms with E-state index in [1.165, 1.54) is 32.1 Å². The highest BCUT2D eigenvalue weighted by Crippen LogP contribution is 2.48. The van der Waals surface area contributed by atoms with Gasteiger partial charge in [0.25, 0.3) is 0 Å². The van der Waals surface area contributed by atoms with Gasteiger partial charge in [0.2, 0.25) is 0 Å². The van der Waals surface area contributed by atoms with Crippen LogP contribution >= 0.6 is 11.8 Å². The van der Waals surface area contributed by atoms with Crippen molar-refractivity contribution < 1.29 is 9.53 Å². The molecule has 0 N–H and O–H groups in total. The zero-order valence-corrected chi connectivity index (χ0v) is 14.1. The summed E-state index contributed by atoms with van der Waals surface area (Å²) in [5.74, 6) is -0.00835. The minimum Gasteiger partial charge on any atom is -0.450 e. The summed E-state index contributed by atoms with van der Waals surface area (Å²) in [5, 5.41) is 0. The number of esters is 1. The molecule has 0 radical (unpaired) electrons. The van der Waals surface area contributed by atoms with Crippen molar-refractivity contribution in [2.24, 2.45) is 5.41 Å². The van der Waals surface area contributed by atoms with Gasteiger partial charge in [-0.05, 0) is 13.3 Å². The summed E-state index contributed by atoms with van der Waals surface area (Å²) >= 11 is 1.72. The molecule has 1 rings (SSSR count). The number of hydrogen-bond donors (Lipinski definition) is 0. The first-order valence-electron chi connectivity index (χ1n) is 7.68. The lowest BCUT2D eigenvalue weighted by Gasteiger charge is -2.25. The van der Waals surface area contributed by atoms with E-state index in [4.69, 9.17) is 4.74 Å². The Bertz CT molecular complexity index is 296. The molecule has 0 aliphatic carbocycles. The summed E-state index contributed by atoms with van der Waals surface area (Å²) in [7, 11) is 0. The number of thioether (sulfide) groups is 1. The number of carbonyl (C=O) groups is 1. The molecule has 19 heavy (non-hydrogen) atoms. The Hall–Kier alpha value is -0.180. The number of rotatable bonds is 7. The van der Waals surface area contributed by atoms with E-state index in [9.17, 15) is 4.79 Å². The van der Waals surface area contributed by atoms with Gasteiger partial charge < -0.3 is 4.74 Å². The minimum absolute atomic E-state index is 0.00471. The van der Waals surface area contributed by atoms with Crippen molar-refractivity contribution in [1.82, 2.24) is 0 Å². The molecule has 0 aromatic heterocycles. The van der Waals surface area contributed by atoms with Crippen molar-refractivity contribution in [2.45, 2.75) is 89.7 Å². The number of unbranched alkanes of at least 4 members (excludes halogenated alkanes) is 5. The normalized spacial score (nSPS) is 27.6. The second-order valence-electron chi connectivity index (χ2n) is 6.97. The average Bonchev–Trinajstić information content (AvgIpc) is 2.61. The van der Waals surface area contributed by atoms with Gasteiger partial charge in [0.05, 0.1) is 0 Å². The van der Waals surface area contributed by atoms with Crippen LogP contribution in [0.25, 0.3) is 0 Å². The van der Waals surface area contributed by atoms with Crippen LogP contribution in [0.5, 0.6) is 0 Å². The van der Waals surface area contributed by atoms with E-state index >= 15 is 0 Å². The number of ether oxygens (including phenoxy) is 1. The Morgan fingerprint density at radius 3 is 2.26 bits per heavy atom. The van der Waals surface area contributed by atoms with Crippen LogP contribution in [-0.2, 0) is 9.53 Å². The third kappa shape index (κ3) is 5.02. The summed E-state index contributed by atoms with van der Waals surface area (Å²) in [5.41, 5.74) is 0.0317.